The normalized spacial score (nSPS) is 15.5. The fourth-order valence-corrected chi connectivity index (χ4v) is 3.69. The molecule has 0 saturated carbocycles. The molecule has 202 valence electrons. The standard InChI is InChI=1S/C26H42N4O6/c1-7-16(6)22(26(35)36)30-24(33)20(13-17-8-10-18(31)11-9-17)28-25(34)21(15(4)5)29-23(32)19(27)12-14(2)3/h8-11,14-16,19-22,31H,7,12-13,27H2,1-6H3,(H,28,34)(H,29,32)(H,30,33)(H,35,36). The van der Waals surface area contributed by atoms with Crippen molar-refractivity contribution in [3.05, 3.63) is 29.8 Å². The smallest absolute Gasteiger partial charge is 0.326 e. The van der Waals surface area contributed by atoms with Crippen molar-refractivity contribution in [3.8, 4) is 5.75 Å². The Morgan fingerprint density at radius 2 is 1.42 bits per heavy atom. The predicted octanol–water partition coefficient (Wildman–Crippen LogP) is 1.55. The average molecular weight is 507 g/mol. The van der Waals surface area contributed by atoms with Crippen LogP contribution < -0.4 is 21.7 Å². The van der Waals surface area contributed by atoms with Crippen molar-refractivity contribution in [2.75, 3.05) is 0 Å². The molecule has 0 aliphatic heterocycles. The van der Waals surface area contributed by atoms with E-state index in [1.807, 2.05) is 20.8 Å². The lowest BCUT2D eigenvalue weighted by molar-refractivity contribution is -0.143. The number of nitrogens with two attached hydrogens (primary N) is 1. The van der Waals surface area contributed by atoms with Crippen molar-refractivity contribution < 1.29 is 29.4 Å². The molecule has 0 bridgehead atoms. The number of hydrogen-bond donors (Lipinski definition) is 6. The second kappa shape index (κ2) is 14.4. The van der Waals surface area contributed by atoms with Gasteiger partial charge >= 0.3 is 5.97 Å². The van der Waals surface area contributed by atoms with E-state index in [2.05, 4.69) is 16.0 Å². The Bertz CT molecular complexity index is 887. The first kappa shape index (κ1) is 30.9. The Kier molecular flexibility index (Phi) is 12.4. The van der Waals surface area contributed by atoms with Gasteiger partial charge in [-0.1, -0.05) is 60.1 Å². The van der Waals surface area contributed by atoms with Crippen molar-refractivity contribution >= 4 is 23.7 Å². The Labute approximate surface area is 213 Å². The van der Waals surface area contributed by atoms with Crippen LogP contribution in [0.1, 0.15) is 59.9 Å². The first-order chi connectivity index (χ1) is 16.8. The van der Waals surface area contributed by atoms with Crippen LogP contribution in [0.5, 0.6) is 5.75 Å². The van der Waals surface area contributed by atoms with Crippen LogP contribution in [0.4, 0.5) is 0 Å². The summed E-state index contributed by atoms with van der Waals surface area (Å²) in [5, 5.41) is 27.1. The molecule has 0 fully saturated rings. The molecule has 3 amide bonds. The molecule has 0 aromatic heterocycles. The van der Waals surface area contributed by atoms with E-state index in [-0.39, 0.29) is 29.9 Å². The van der Waals surface area contributed by atoms with Gasteiger partial charge in [0.25, 0.3) is 0 Å². The maximum atomic E-state index is 13.2. The van der Waals surface area contributed by atoms with Crippen LogP contribution >= 0.6 is 0 Å². The van der Waals surface area contributed by atoms with Crippen LogP contribution in [-0.2, 0) is 25.6 Å². The quantitative estimate of drug-likeness (QED) is 0.222. The number of carbonyl (C=O) groups is 4. The molecule has 0 spiro atoms. The minimum absolute atomic E-state index is 0.0480. The molecule has 0 saturated heterocycles. The number of aliphatic carboxylic acids is 1. The van der Waals surface area contributed by atoms with E-state index in [0.717, 1.165) is 0 Å². The number of carboxylic acid groups (broad SMARTS) is 1. The van der Waals surface area contributed by atoms with Crippen LogP contribution in [0.15, 0.2) is 24.3 Å². The highest BCUT2D eigenvalue weighted by atomic mass is 16.4. The van der Waals surface area contributed by atoms with Crippen LogP contribution in [-0.4, -0.2) is 58.1 Å². The van der Waals surface area contributed by atoms with Gasteiger partial charge < -0.3 is 31.9 Å². The van der Waals surface area contributed by atoms with E-state index in [9.17, 15) is 29.4 Å². The fourth-order valence-electron chi connectivity index (χ4n) is 3.69. The lowest BCUT2D eigenvalue weighted by Crippen LogP contribution is -2.59. The lowest BCUT2D eigenvalue weighted by Gasteiger charge is -2.28. The van der Waals surface area contributed by atoms with Gasteiger partial charge in [-0.3, -0.25) is 14.4 Å². The molecule has 0 aliphatic carbocycles. The van der Waals surface area contributed by atoms with Gasteiger partial charge in [-0.15, -0.1) is 0 Å². The topological polar surface area (TPSA) is 171 Å². The summed E-state index contributed by atoms with van der Waals surface area (Å²) < 4.78 is 0. The second-order valence-corrected chi connectivity index (χ2v) is 10.1. The molecule has 10 nitrogen and oxygen atoms in total. The molecule has 0 aliphatic rings. The van der Waals surface area contributed by atoms with E-state index < -0.39 is 47.9 Å². The van der Waals surface area contributed by atoms with Crippen molar-refractivity contribution in [2.24, 2.45) is 23.5 Å². The van der Waals surface area contributed by atoms with E-state index in [0.29, 0.717) is 18.4 Å². The minimum Gasteiger partial charge on any atom is -0.508 e. The Hall–Kier alpha value is -3.14. The number of amides is 3. The Morgan fingerprint density at radius 3 is 1.89 bits per heavy atom. The summed E-state index contributed by atoms with van der Waals surface area (Å²) in [5.74, 6) is -3.25. The summed E-state index contributed by atoms with van der Waals surface area (Å²) in [4.78, 5) is 50.7. The number of rotatable bonds is 14. The van der Waals surface area contributed by atoms with Gasteiger partial charge in [0.2, 0.25) is 17.7 Å². The summed E-state index contributed by atoms with van der Waals surface area (Å²) >= 11 is 0. The molecule has 10 heteroatoms. The maximum absolute atomic E-state index is 13.2. The SMILES string of the molecule is CCC(C)C(NC(=O)C(Cc1ccc(O)cc1)NC(=O)C(NC(=O)C(N)CC(C)C)C(C)C)C(=O)O. The van der Waals surface area contributed by atoms with Crippen molar-refractivity contribution in [1.82, 2.24) is 16.0 Å². The van der Waals surface area contributed by atoms with Gasteiger partial charge in [0.15, 0.2) is 0 Å². The van der Waals surface area contributed by atoms with Gasteiger partial charge in [0, 0.05) is 6.42 Å². The van der Waals surface area contributed by atoms with E-state index >= 15 is 0 Å². The Balaban J connectivity index is 3.15. The summed E-state index contributed by atoms with van der Waals surface area (Å²) in [6.07, 6.45) is 1.04. The minimum atomic E-state index is -1.17. The van der Waals surface area contributed by atoms with Gasteiger partial charge in [-0.2, -0.15) is 0 Å². The number of benzene rings is 1. The third-order valence-electron chi connectivity index (χ3n) is 6.09. The molecular weight excluding hydrogens is 464 g/mol. The van der Waals surface area contributed by atoms with E-state index in [4.69, 9.17) is 5.73 Å². The summed E-state index contributed by atoms with van der Waals surface area (Å²) in [7, 11) is 0. The maximum Gasteiger partial charge on any atom is 0.326 e. The molecule has 0 radical (unpaired) electrons. The zero-order valence-corrected chi connectivity index (χ0v) is 22.1. The van der Waals surface area contributed by atoms with Crippen LogP contribution in [0.3, 0.4) is 0 Å². The molecular formula is C26H42N4O6. The average Bonchev–Trinajstić information content (AvgIpc) is 2.79. The zero-order chi connectivity index (χ0) is 27.6. The van der Waals surface area contributed by atoms with E-state index in [1.54, 1.807) is 32.9 Å². The van der Waals surface area contributed by atoms with Gasteiger partial charge in [-0.25, -0.2) is 4.79 Å². The third-order valence-corrected chi connectivity index (χ3v) is 6.09. The van der Waals surface area contributed by atoms with Crippen LogP contribution in [0, 0.1) is 17.8 Å². The number of phenols is 1. The van der Waals surface area contributed by atoms with Crippen molar-refractivity contribution in [2.45, 2.75) is 85.0 Å². The second-order valence-electron chi connectivity index (χ2n) is 10.1. The number of carboxylic acids is 1. The largest absolute Gasteiger partial charge is 0.508 e. The van der Waals surface area contributed by atoms with Crippen molar-refractivity contribution in [1.29, 1.82) is 0 Å². The molecule has 0 heterocycles. The molecule has 7 N–H and O–H groups in total. The van der Waals surface area contributed by atoms with Gasteiger partial charge in [0.1, 0.15) is 23.9 Å². The van der Waals surface area contributed by atoms with Gasteiger partial charge in [0.05, 0.1) is 6.04 Å². The molecule has 1 aromatic carbocycles. The highest BCUT2D eigenvalue weighted by molar-refractivity contribution is 5.94. The third kappa shape index (κ3) is 9.85. The van der Waals surface area contributed by atoms with Gasteiger partial charge in [-0.05, 0) is 41.9 Å². The predicted molar refractivity (Wildman–Crippen MR) is 137 cm³/mol. The first-order valence-electron chi connectivity index (χ1n) is 12.4. The highest BCUT2D eigenvalue weighted by Crippen LogP contribution is 2.14. The van der Waals surface area contributed by atoms with Crippen LogP contribution in [0.25, 0.3) is 0 Å². The monoisotopic (exact) mass is 506 g/mol. The Morgan fingerprint density at radius 1 is 0.861 bits per heavy atom. The molecule has 5 atom stereocenters. The van der Waals surface area contributed by atoms with Crippen molar-refractivity contribution in [3.63, 3.8) is 0 Å². The zero-order valence-electron chi connectivity index (χ0n) is 22.1. The number of nitrogens with one attached hydrogen (secondary N) is 3. The fraction of sp³-hybridized carbons (Fsp3) is 0.615. The first-order valence-corrected chi connectivity index (χ1v) is 12.4. The number of hydrogen-bond acceptors (Lipinski definition) is 6. The highest BCUT2D eigenvalue weighted by Gasteiger charge is 2.33. The molecule has 1 aromatic rings. The summed E-state index contributed by atoms with van der Waals surface area (Å²) in [5.41, 5.74) is 6.62. The number of carbonyl (C=O) groups excluding carboxylic acids is 3. The number of phenolic OH excluding ortho intramolecular Hbond substituents is 1. The summed E-state index contributed by atoms with van der Waals surface area (Å²) in [6, 6.07) is 2.16. The molecule has 5 unspecified atom stereocenters. The molecule has 36 heavy (non-hydrogen) atoms. The summed E-state index contributed by atoms with van der Waals surface area (Å²) in [6.45, 7) is 10.9. The van der Waals surface area contributed by atoms with Crippen LogP contribution in [0.2, 0.25) is 0 Å². The van der Waals surface area contributed by atoms with E-state index in [1.165, 1.54) is 12.1 Å². The molecule has 1 rings (SSSR count). The lowest BCUT2D eigenvalue weighted by atomic mass is 9.97. The number of aromatic hydroxyl groups is 1.